The van der Waals surface area contributed by atoms with E-state index in [2.05, 4.69) is 20.5 Å². The highest BCUT2D eigenvalue weighted by Gasteiger charge is 2.21. The maximum Gasteiger partial charge on any atom is 0.213 e. The zero-order valence-electron chi connectivity index (χ0n) is 12.8. The first-order valence-corrected chi connectivity index (χ1v) is 9.55. The lowest BCUT2D eigenvalue weighted by Gasteiger charge is -2.11. The van der Waals surface area contributed by atoms with Gasteiger partial charge in [-0.3, -0.25) is 9.89 Å². The smallest absolute Gasteiger partial charge is 0.213 e. The van der Waals surface area contributed by atoms with E-state index in [4.69, 9.17) is 11.6 Å². The normalized spacial score (nSPS) is 11.3. The molecule has 2 aromatic heterocycles. The van der Waals surface area contributed by atoms with Gasteiger partial charge in [0.15, 0.2) is 10.9 Å². The molecule has 0 aliphatic rings. The van der Waals surface area contributed by atoms with E-state index in [9.17, 15) is 9.18 Å². The number of fused-ring (bicyclic) bond motifs is 2. The van der Waals surface area contributed by atoms with Gasteiger partial charge in [-0.25, -0.2) is 9.37 Å². The van der Waals surface area contributed by atoms with Crippen LogP contribution in [-0.2, 0) is 4.79 Å². The van der Waals surface area contributed by atoms with Gasteiger partial charge in [-0.15, -0.1) is 11.8 Å². The quantitative estimate of drug-likeness (QED) is 0.382. The van der Waals surface area contributed by atoms with Gasteiger partial charge in [0.25, 0.3) is 0 Å². The third-order valence-corrected chi connectivity index (χ3v) is 5.91. The number of halogens is 2. The number of nitrogens with one attached hydrogen (secondary N) is 2. The second kappa shape index (κ2) is 6.29. The summed E-state index contributed by atoms with van der Waals surface area (Å²) in [6.45, 7) is 0. The predicted molar refractivity (Wildman–Crippen MR) is 101 cm³/mol. The Morgan fingerprint density at radius 1 is 1.44 bits per heavy atom. The Morgan fingerprint density at radius 3 is 3.04 bits per heavy atom. The predicted octanol–water partition coefficient (Wildman–Crippen LogP) is 4.92. The van der Waals surface area contributed by atoms with Crippen molar-refractivity contribution in [2.45, 2.75) is 4.90 Å². The van der Waals surface area contributed by atoms with E-state index in [0.717, 1.165) is 21.2 Å². The van der Waals surface area contributed by atoms with Gasteiger partial charge in [0.2, 0.25) is 6.41 Å². The molecule has 0 bridgehead atoms. The van der Waals surface area contributed by atoms with Crippen LogP contribution < -0.4 is 5.32 Å². The Morgan fingerprint density at radius 2 is 2.28 bits per heavy atom. The summed E-state index contributed by atoms with van der Waals surface area (Å²) in [6, 6.07) is 5.53. The van der Waals surface area contributed by atoms with Gasteiger partial charge >= 0.3 is 0 Å². The van der Waals surface area contributed by atoms with Crippen LogP contribution in [0.5, 0.6) is 0 Å². The van der Waals surface area contributed by atoms with Gasteiger partial charge in [0, 0.05) is 10.9 Å². The molecule has 0 atom stereocenters. The minimum atomic E-state index is -0.464. The van der Waals surface area contributed by atoms with Crippen molar-refractivity contribution in [3.05, 3.63) is 35.2 Å². The third kappa shape index (κ3) is 2.57. The van der Waals surface area contributed by atoms with Crippen molar-refractivity contribution in [2.75, 3.05) is 11.6 Å². The van der Waals surface area contributed by atoms with Crippen LogP contribution in [0.1, 0.15) is 0 Å². The third-order valence-electron chi connectivity index (χ3n) is 3.81. The Bertz CT molecular complexity index is 1120. The number of rotatable bonds is 4. The molecule has 2 N–H and O–H groups in total. The molecule has 0 aliphatic carbocycles. The van der Waals surface area contributed by atoms with Crippen molar-refractivity contribution in [2.24, 2.45) is 0 Å². The average Bonchev–Trinajstić information content (AvgIpc) is 3.22. The van der Waals surface area contributed by atoms with Crippen molar-refractivity contribution in [3.63, 3.8) is 0 Å². The van der Waals surface area contributed by atoms with Crippen molar-refractivity contribution >= 4 is 67.4 Å². The molecule has 4 rings (SSSR count). The van der Waals surface area contributed by atoms with Crippen LogP contribution in [0.4, 0.5) is 9.52 Å². The summed E-state index contributed by atoms with van der Waals surface area (Å²) in [5.74, 6) is -0.464. The number of anilines is 1. The molecule has 2 aromatic carbocycles. The molecule has 25 heavy (non-hydrogen) atoms. The zero-order valence-corrected chi connectivity index (χ0v) is 15.2. The number of H-pyrrole nitrogens is 1. The fraction of sp³-hybridized carbons (Fsp3) is 0.0625. The van der Waals surface area contributed by atoms with E-state index in [1.165, 1.54) is 23.1 Å². The van der Waals surface area contributed by atoms with E-state index in [0.29, 0.717) is 27.5 Å². The van der Waals surface area contributed by atoms with E-state index in [-0.39, 0.29) is 5.02 Å². The molecular formula is C16H10ClFN4OS2. The number of benzene rings is 2. The van der Waals surface area contributed by atoms with Gasteiger partial charge in [-0.1, -0.05) is 29.0 Å². The Hall–Kier alpha value is -2.16. The van der Waals surface area contributed by atoms with E-state index in [1.54, 1.807) is 12.5 Å². The second-order valence-corrected chi connectivity index (χ2v) is 7.38. The minimum absolute atomic E-state index is 0.0633. The molecule has 0 saturated carbocycles. The Balaban J connectivity index is 1.98. The fourth-order valence-electron chi connectivity index (χ4n) is 2.75. The molecule has 0 aliphatic heterocycles. The van der Waals surface area contributed by atoms with Gasteiger partial charge in [0.1, 0.15) is 0 Å². The molecule has 1 amide bonds. The van der Waals surface area contributed by atoms with Crippen molar-refractivity contribution in [3.8, 4) is 11.1 Å². The molecule has 2 heterocycles. The molecule has 126 valence electrons. The molecular weight excluding hydrogens is 383 g/mol. The van der Waals surface area contributed by atoms with Crippen molar-refractivity contribution in [1.29, 1.82) is 0 Å². The van der Waals surface area contributed by atoms with Crippen LogP contribution in [-0.4, -0.2) is 27.8 Å². The van der Waals surface area contributed by atoms with Gasteiger partial charge in [-0.2, -0.15) is 5.10 Å². The number of aromatic amines is 1. The summed E-state index contributed by atoms with van der Waals surface area (Å²) in [7, 11) is 0. The largest absolute Gasteiger partial charge is 0.305 e. The number of nitrogens with zero attached hydrogens (tertiary/aromatic N) is 2. The van der Waals surface area contributed by atoms with E-state index in [1.807, 2.05) is 18.2 Å². The summed E-state index contributed by atoms with van der Waals surface area (Å²) in [5.41, 5.74) is 2.72. The molecule has 0 spiro atoms. The number of thiazole rings is 1. The number of thioether (sulfide) groups is 1. The standard InChI is InChI=1S/C16H10ClFN4OS2/c1-24-15-13(18)12(17)11(8-5-20-22-14(8)15)7-2-3-9-10(4-7)25-16(21-9)19-6-23/h2-6H,1H3,(H,20,22)(H,19,21,23). The fourth-order valence-corrected chi connectivity index (χ4v) is 4.62. The number of carbonyl (C=O) groups excluding carboxylic acids is 1. The molecule has 9 heteroatoms. The SMILES string of the molecule is CSc1c(F)c(Cl)c(-c2ccc3nc(NC=O)sc3c2)c2cn[nH]c12. The summed E-state index contributed by atoms with van der Waals surface area (Å²) < 4.78 is 15.6. The maximum atomic E-state index is 14.7. The first-order chi connectivity index (χ1) is 12.1. The molecule has 0 unspecified atom stereocenters. The summed E-state index contributed by atoms with van der Waals surface area (Å²) in [5, 5.41) is 10.8. The van der Waals surface area contributed by atoms with Gasteiger partial charge in [-0.05, 0) is 24.0 Å². The number of hydrogen-bond donors (Lipinski definition) is 2. The number of amides is 1. The second-order valence-electron chi connectivity index (χ2n) is 5.16. The highest BCUT2D eigenvalue weighted by Crippen LogP contribution is 2.42. The first kappa shape index (κ1) is 16.3. The summed E-state index contributed by atoms with van der Waals surface area (Å²) >= 11 is 8.97. The average molecular weight is 393 g/mol. The lowest BCUT2D eigenvalue weighted by atomic mass is 10.0. The summed E-state index contributed by atoms with van der Waals surface area (Å²) in [4.78, 5) is 15.3. The van der Waals surface area contributed by atoms with Crippen LogP contribution in [0.15, 0.2) is 29.3 Å². The Labute approximate surface area is 154 Å². The summed E-state index contributed by atoms with van der Waals surface area (Å²) in [6.07, 6.45) is 4.02. The molecule has 0 fully saturated rings. The lowest BCUT2D eigenvalue weighted by Crippen LogP contribution is -1.91. The lowest BCUT2D eigenvalue weighted by molar-refractivity contribution is -0.105. The molecule has 0 radical (unpaired) electrons. The van der Waals surface area contributed by atoms with E-state index >= 15 is 0 Å². The van der Waals surface area contributed by atoms with Crippen molar-refractivity contribution < 1.29 is 9.18 Å². The zero-order chi connectivity index (χ0) is 17.6. The van der Waals surface area contributed by atoms with Gasteiger partial charge in [0.05, 0.1) is 31.8 Å². The maximum absolute atomic E-state index is 14.7. The van der Waals surface area contributed by atoms with Gasteiger partial charge < -0.3 is 5.32 Å². The van der Waals surface area contributed by atoms with Crippen molar-refractivity contribution in [1.82, 2.24) is 15.2 Å². The highest BCUT2D eigenvalue weighted by atomic mass is 35.5. The molecule has 4 aromatic rings. The number of aromatic nitrogens is 3. The Kier molecular flexibility index (Phi) is 4.10. The van der Waals surface area contributed by atoms with E-state index < -0.39 is 5.82 Å². The molecule has 5 nitrogen and oxygen atoms in total. The molecule has 0 saturated heterocycles. The van der Waals surface area contributed by atoms with Crippen LogP contribution in [0, 0.1) is 5.82 Å². The highest BCUT2D eigenvalue weighted by molar-refractivity contribution is 7.98. The number of hydrogen-bond acceptors (Lipinski definition) is 5. The first-order valence-electron chi connectivity index (χ1n) is 7.13. The van der Waals surface area contributed by atoms with Crippen LogP contribution in [0.2, 0.25) is 5.02 Å². The van der Waals surface area contributed by atoms with Crippen LogP contribution >= 0.6 is 34.7 Å². The van der Waals surface area contributed by atoms with Crippen LogP contribution in [0.25, 0.3) is 32.2 Å². The topological polar surface area (TPSA) is 70.7 Å². The van der Waals surface area contributed by atoms with Crippen LogP contribution in [0.3, 0.4) is 0 Å². The monoisotopic (exact) mass is 392 g/mol. The number of carbonyl (C=O) groups is 1. The minimum Gasteiger partial charge on any atom is -0.305 e.